The number of amides is 2. The van der Waals surface area contributed by atoms with Crippen molar-refractivity contribution in [3.8, 4) is 0 Å². The number of benzene rings is 2. The maximum atomic E-state index is 13.0. The van der Waals surface area contributed by atoms with E-state index >= 15 is 0 Å². The van der Waals surface area contributed by atoms with Gasteiger partial charge in [0.2, 0.25) is 5.91 Å². The van der Waals surface area contributed by atoms with Crippen LogP contribution in [0.15, 0.2) is 48.5 Å². The molecular formula is C17H15FN2O2. The van der Waals surface area contributed by atoms with Gasteiger partial charge in [-0.2, -0.15) is 0 Å². The number of carbonyl (C=O) groups is 2. The molecule has 0 bridgehead atoms. The van der Waals surface area contributed by atoms with Crippen LogP contribution in [0.25, 0.3) is 0 Å². The van der Waals surface area contributed by atoms with Gasteiger partial charge in [-0.1, -0.05) is 17.7 Å². The Hall–Kier alpha value is -2.69. The molecule has 1 aliphatic heterocycles. The Morgan fingerprint density at radius 3 is 2.32 bits per heavy atom. The Balaban J connectivity index is 1.79. The van der Waals surface area contributed by atoms with Crippen molar-refractivity contribution >= 4 is 23.2 Å². The molecule has 0 aromatic heterocycles. The SMILES string of the molecule is Cc1ccc(N[C@H]2CC(=O)N(c3ccc(F)cc3)C2=O)cc1. The fourth-order valence-electron chi connectivity index (χ4n) is 2.46. The van der Waals surface area contributed by atoms with E-state index in [9.17, 15) is 14.0 Å². The van der Waals surface area contributed by atoms with Gasteiger partial charge in [-0.05, 0) is 43.3 Å². The molecule has 1 N–H and O–H groups in total. The minimum absolute atomic E-state index is 0.0874. The van der Waals surface area contributed by atoms with Crippen molar-refractivity contribution in [2.75, 3.05) is 10.2 Å². The van der Waals surface area contributed by atoms with E-state index in [1.54, 1.807) is 0 Å². The van der Waals surface area contributed by atoms with Crippen molar-refractivity contribution in [1.82, 2.24) is 0 Å². The predicted molar refractivity (Wildman–Crippen MR) is 82.1 cm³/mol. The van der Waals surface area contributed by atoms with E-state index in [4.69, 9.17) is 0 Å². The summed E-state index contributed by atoms with van der Waals surface area (Å²) in [6.07, 6.45) is 0.0874. The molecule has 2 aromatic rings. The molecule has 3 rings (SSSR count). The zero-order chi connectivity index (χ0) is 15.7. The van der Waals surface area contributed by atoms with Crippen molar-refractivity contribution in [1.29, 1.82) is 0 Å². The lowest BCUT2D eigenvalue weighted by Gasteiger charge is -2.16. The first kappa shape index (κ1) is 14.3. The summed E-state index contributed by atoms with van der Waals surface area (Å²) in [7, 11) is 0. The predicted octanol–water partition coefficient (Wildman–Crippen LogP) is 2.88. The molecule has 112 valence electrons. The molecule has 2 aromatic carbocycles. The van der Waals surface area contributed by atoms with Crippen LogP contribution in [0.4, 0.5) is 15.8 Å². The van der Waals surface area contributed by atoms with Crippen LogP contribution < -0.4 is 10.2 Å². The Labute approximate surface area is 127 Å². The van der Waals surface area contributed by atoms with Gasteiger partial charge in [-0.3, -0.25) is 9.59 Å². The number of hydrogen-bond donors (Lipinski definition) is 1. The number of halogens is 1. The number of nitrogens with zero attached hydrogens (tertiary/aromatic N) is 1. The third kappa shape index (κ3) is 2.70. The maximum Gasteiger partial charge on any atom is 0.256 e. The van der Waals surface area contributed by atoms with Crippen LogP contribution in [0.3, 0.4) is 0 Å². The molecule has 0 radical (unpaired) electrons. The number of aryl methyl sites for hydroxylation is 1. The second-order valence-electron chi connectivity index (χ2n) is 5.31. The summed E-state index contributed by atoms with van der Waals surface area (Å²) in [5.74, 6) is -1.02. The molecule has 2 amide bonds. The van der Waals surface area contributed by atoms with Crippen LogP contribution in [-0.2, 0) is 9.59 Å². The lowest BCUT2D eigenvalue weighted by atomic mass is 10.2. The number of anilines is 2. The summed E-state index contributed by atoms with van der Waals surface area (Å²) in [6, 6.07) is 12.3. The van der Waals surface area contributed by atoms with E-state index in [1.165, 1.54) is 24.3 Å². The molecule has 4 nitrogen and oxygen atoms in total. The van der Waals surface area contributed by atoms with Gasteiger partial charge >= 0.3 is 0 Å². The summed E-state index contributed by atoms with van der Waals surface area (Å²) >= 11 is 0. The first-order valence-corrected chi connectivity index (χ1v) is 7.00. The number of hydrogen-bond acceptors (Lipinski definition) is 3. The first-order valence-electron chi connectivity index (χ1n) is 7.00. The van der Waals surface area contributed by atoms with Crippen molar-refractivity contribution in [3.05, 3.63) is 59.9 Å². The van der Waals surface area contributed by atoms with Gasteiger partial charge in [0.25, 0.3) is 5.91 Å². The molecule has 1 heterocycles. The topological polar surface area (TPSA) is 49.4 Å². The zero-order valence-corrected chi connectivity index (χ0v) is 12.0. The molecule has 22 heavy (non-hydrogen) atoms. The van der Waals surface area contributed by atoms with E-state index < -0.39 is 11.9 Å². The Morgan fingerprint density at radius 1 is 1.05 bits per heavy atom. The summed E-state index contributed by atoms with van der Waals surface area (Å²) in [5.41, 5.74) is 2.30. The Bertz CT molecular complexity index is 710. The molecule has 0 unspecified atom stereocenters. The molecule has 0 spiro atoms. The highest BCUT2D eigenvalue weighted by molar-refractivity contribution is 6.23. The average Bonchev–Trinajstić information content (AvgIpc) is 2.77. The van der Waals surface area contributed by atoms with Crippen LogP contribution in [0.1, 0.15) is 12.0 Å². The van der Waals surface area contributed by atoms with Gasteiger partial charge in [0.15, 0.2) is 0 Å². The van der Waals surface area contributed by atoms with Crippen LogP contribution >= 0.6 is 0 Å². The van der Waals surface area contributed by atoms with Crippen LogP contribution in [0.5, 0.6) is 0 Å². The maximum absolute atomic E-state index is 13.0. The second kappa shape index (κ2) is 5.60. The number of imide groups is 1. The van der Waals surface area contributed by atoms with E-state index in [1.807, 2.05) is 31.2 Å². The van der Waals surface area contributed by atoms with Gasteiger partial charge in [0.05, 0.1) is 12.1 Å². The second-order valence-corrected chi connectivity index (χ2v) is 5.31. The molecular weight excluding hydrogens is 283 g/mol. The third-order valence-electron chi connectivity index (χ3n) is 3.62. The standard InChI is InChI=1S/C17H15FN2O2/c1-11-2-6-13(7-3-11)19-15-10-16(21)20(17(15)22)14-8-4-12(18)5-9-14/h2-9,15,19H,10H2,1H3/t15-/m0/s1. The Kier molecular flexibility index (Phi) is 3.63. The van der Waals surface area contributed by atoms with Gasteiger partial charge in [-0.25, -0.2) is 9.29 Å². The van der Waals surface area contributed by atoms with Crippen LogP contribution in [-0.4, -0.2) is 17.9 Å². The quantitative estimate of drug-likeness (QED) is 0.886. The van der Waals surface area contributed by atoms with Crippen molar-refractivity contribution in [2.45, 2.75) is 19.4 Å². The number of nitrogens with one attached hydrogen (secondary N) is 1. The number of carbonyl (C=O) groups excluding carboxylic acids is 2. The monoisotopic (exact) mass is 298 g/mol. The fraction of sp³-hybridized carbons (Fsp3) is 0.176. The molecule has 0 saturated carbocycles. The lowest BCUT2D eigenvalue weighted by Crippen LogP contribution is -2.34. The summed E-state index contributed by atoms with van der Waals surface area (Å²) in [4.78, 5) is 25.6. The molecule has 1 saturated heterocycles. The highest BCUT2D eigenvalue weighted by Crippen LogP contribution is 2.25. The molecule has 1 atom stereocenters. The number of rotatable bonds is 3. The fourth-order valence-corrected chi connectivity index (χ4v) is 2.46. The molecule has 1 fully saturated rings. The van der Waals surface area contributed by atoms with E-state index in [-0.39, 0.29) is 18.2 Å². The molecule has 0 aliphatic carbocycles. The third-order valence-corrected chi connectivity index (χ3v) is 3.62. The van der Waals surface area contributed by atoms with E-state index in [0.29, 0.717) is 5.69 Å². The average molecular weight is 298 g/mol. The van der Waals surface area contributed by atoms with Crippen molar-refractivity contribution in [2.24, 2.45) is 0 Å². The van der Waals surface area contributed by atoms with Gasteiger partial charge in [-0.15, -0.1) is 0 Å². The van der Waals surface area contributed by atoms with Crippen molar-refractivity contribution < 1.29 is 14.0 Å². The molecule has 1 aliphatic rings. The smallest absolute Gasteiger partial charge is 0.256 e. The summed E-state index contributed by atoms with van der Waals surface area (Å²) < 4.78 is 13.0. The van der Waals surface area contributed by atoms with Crippen LogP contribution in [0, 0.1) is 12.7 Å². The lowest BCUT2D eigenvalue weighted by molar-refractivity contribution is -0.121. The van der Waals surface area contributed by atoms with E-state index in [2.05, 4.69) is 5.32 Å². The van der Waals surface area contributed by atoms with E-state index in [0.717, 1.165) is 16.2 Å². The normalized spacial score (nSPS) is 17.9. The minimum Gasteiger partial charge on any atom is -0.373 e. The van der Waals surface area contributed by atoms with Gasteiger partial charge in [0, 0.05) is 5.69 Å². The summed E-state index contributed by atoms with van der Waals surface area (Å²) in [6.45, 7) is 1.98. The van der Waals surface area contributed by atoms with Crippen LogP contribution in [0.2, 0.25) is 0 Å². The van der Waals surface area contributed by atoms with Gasteiger partial charge < -0.3 is 5.32 Å². The highest BCUT2D eigenvalue weighted by Gasteiger charge is 2.39. The minimum atomic E-state index is -0.597. The first-order chi connectivity index (χ1) is 10.5. The zero-order valence-electron chi connectivity index (χ0n) is 12.0. The largest absolute Gasteiger partial charge is 0.373 e. The highest BCUT2D eigenvalue weighted by atomic mass is 19.1. The van der Waals surface area contributed by atoms with Crippen molar-refractivity contribution in [3.63, 3.8) is 0 Å². The Morgan fingerprint density at radius 2 is 1.68 bits per heavy atom. The molecule has 5 heteroatoms. The van der Waals surface area contributed by atoms with Gasteiger partial charge in [0.1, 0.15) is 11.9 Å². The summed E-state index contributed by atoms with van der Waals surface area (Å²) in [5, 5.41) is 3.07.